The molecule has 0 aromatic rings. The maximum atomic E-state index is 11.6. The van der Waals surface area contributed by atoms with Crippen LogP contribution in [-0.4, -0.2) is 31.1 Å². The lowest BCUT2D eigenvalue weighted by Gasteiger charge is -2.15. The number of rotatable bonds is 3. The van der Waals surface area contributed by atoms with E-state index in [4.69, 9.17) is 5.73 Å². The Hall–Kier alpha value is -1.10. The van der Waals surface area contributed by atoms with Gasteiger partial charge in [-0.25, -0.2) is 4.79 Å². The van der Waals surface area contributed by atoms with Gasteiger partial charge in [0, 0.05) is 12.0 Å². The number of carbonyl (C=O) groups is 2. The zero-order valence-electron chi connectivity index (χ0n) is 9.16. The number of hydrogen-bond acceptors (Lipinski definition) is 4. The van der Waals surface area contributed by atoms with Crippen molar-refractivity contribution in [3.05, 3.63) is 0 Å². The van der Waals surface area contributed by atoms with E-state index in [1.54, 1.807) is 6.92 Å². The molecule has 5 heteroatoms. The maximum absolute atomic E-state index is 11.6. The van der Waals surface area contributed by atoms with Crippen LogP contribution in [0.3, 0.4) is 0 Å². The molecule has 0 aromatic carbocycles. The van der Waals surface area contributed by atoms with Crippen molar-refractivity contribution < 1.29 is 14.3 Å². The van der Waals surface area contributed by atoms with Crippen molar-refractivity contribution in [2.45, 2.75) is 38.3 Å². The van der Waals surface area contributed by atoms with Crippen LogP contribution in [0.1, 0.15) is 26.2 Å². The molecule has 0 radical (unpaired) electrons. The Bertz CT molecular complexity index is 255. The fraction of sp³-hybridized carbons (Fsp3) is 0.800. The molecule has 0 aromatic heterocycles. The molecular formula is C10H18N2O3. The van der Waals surface area contributed by atoms with Crippen LogP contribution in [0.4, 0.5) is 0 Å². The number of amides is 1. The molecule has 1 aliphatic carbocycles. The number of nitrogens with one attached hydrogen (secondary N) is 1. The largest absolute Gasteiger partial charge is 0.467 e. The Morgan fingerprint density at radius 2 is 2.13 bits per heavy atom. The predicted molar refractivity (Wildman–Crippen MR) is 54.9 cm³/mol. The molecule has 1 amide bonds. The van der Waals surface area contributed by atoms with Crippen molar-refractivity contribution in [1.29, 1.82) is 0 Å². The third-order valence-corrected chi connectivity index (χ3v) is 2.76. The molecule has 15 heavy (non-hydrogen) atoms. The average molecular weight is 214 g/mol. The molecule has 1 fully saturated rings. The zero-order valence-corrected chi connectivity index (χ0v) is 9.16. The van der Waals surface area contributed by atoms with Crippen LogP contribution in [0.15, 0.2) is 0 Å². The van der Waals surface area contributed by atoms with E-state index in [1.165, 1.54) is 7.11 Å². The van der Waals surface area contributed by atoms with Gasteiger partial charge in [-0.2, -0.15) is 0 Å². The summed E-state index contributed by atoms with van der Waals surface area (Å²) in [5.74, 6) is -0.571. The molecule has 0 heterocycles. The van der Waals surface area contributed by atoms with Crippen LogP contribution < -0.4 is 11.1 Å². The molecule has 0 saturated heterocycles. The van der Waals surface area contributed by atoms with Crippen LogP contribution in [-0.2, 0) is 14.3 Å². The Kier molecular flexibility index (Phi) is 4.08. The molecule has 1 saturated carbocycles. The van der Waals surface area contributed by atoms with E-state index in [0.717, 1.165) is 12.8 Å². The number of esters is 1. The van der Waals surface area contributed by atoms with E-state index in [1.807, 2.05) is 0 Å². The normalized spacial score (nSPS) is 27.1. The third kappa shape index (κ3) is 3.20. The first-order valence-corrected chi connectivity index (χ1v) is 5.18. The fourth-order valence-electron chi connectivity index (χ4n) is 1.82. The highest BCUT2D eigenvalue weighted by molar-refractivity contribution is 5.85. The summed E-state index contributed by atoms with van der Waals surface area (Å²) in [6, 6.07) is -0.464. The second-order valence-corrected chi connectivity index (χ2v) is 4.02. The minimum absolute atomic E-state index is 0.0490. The lowest BCUT2D eigenvalue weighted by atomic mass is 10.1. The number of hydrogen-bond donors (Lipinski definition) is 2. The van der Waals surface area contributed by atoms with Gasteiger partial charge in [0.1, 0.15) is 6.04 Å². The Balaban J connectivity index is 2.38. The first-order chi connectivity index (χ1) is 7.04. The number of methoxy groups -OCH3 is 1. The van der Waals surface area contributed by atoms with E-state index in [2.05, 4.69) is 10.1 Å². The summed E-state index contributed by atoms with van der Waals surface area (Å²) in [5.41, 5.74) is 5.71. The summed E-state index contributed by atoms with van der Waals surface area (Å²) >= 11 is 0. The lowest BCUT2D eigenvalue weighted by molar-refractivity contribution is -0.145. The van der Waals surface area contributed by atoms with Crippen molar-refractivity contribution in [2.24, 2.45) is 11.7 Å². The highest BCUT2D eigenvalue weighted by atomic mass is 16.5. The second kappa shape index (κ2) is 5.11. The van der Waals surface area contributed by atoms with Crippen molar-refractivity contribution in [1.82, 2.24) is 5.32 Å². The molecule has 0 bridgehead atoms. The Morgan fingerprint density at radius 3 is 2.60 bits per heavy atom. The van der Waals surface area contributed by atoms with Gasteiger partial charge >= 0.3 is 5.97 Å². The smallest absolute Gasteiger partial charge is 0.328 e. The minimum atomic E-state index is -0.584. The molecule has 2 unspecified atom stereocenters. The van der Waals surface area contributed by atoms with E-state index < -0.39 is 12.0 Å². The SMILES string of the molecule is COC(=O)[C@H](C)NC(=O)C1CCC(N)C1. The van der Waals surface area contributed by atoms with Crippen molar-refractivity contribution in [3.8, 4) is 0 Å². The predicted octanol–water partition coefficient (Wildman–Crippen LogP) is -0.208. The third-order valence-electron chi connectivity index (χ3n) is 2.76. The summed E-state index contributed by atoms with van der Waals surface area (Å²) in [7, 11) is 1.30. The topological polar surface area (TPSA) is 81.4 Å². The summed E-state index contributed by atoms with van der Waals surface area (Å²) < 4.78 is 4.52. The number of carbonyl (C=O) groups excluding carboxylic acids is 2. The zero-order chi connectivity index (χ0) is 11.4. The fourth-order valence-corrected chi connectivity index (χ4v) is 1.82. The highest BCUT2D eigenvalue weighted by Crippen LogP contribution is 2.24. The van der Waals surface area contributed by atoms with Crippen LogP contribution in [0.2, 0.25) is 0 Å². The van der Waals surface area contributed by atoms with Gasteiger partial charge in [0.2, 0.25) is 5.91 Å². The minimum Gasteiger partial charge on any atom is -0.467 e. The van der Waals surface area contributed by atoms with Gasteiger partial charge in [0.05, 0.1) is 7.11 Å². The Morgan fingerprint density at radius 1 is 1.47 bits per heavy atom. The molecule has 0 spiro atoms. The highest BCUT2D eigenvalue weighted by Gasteiger charge is 2.29. The quantitative estimate of drug-likeness (QED) is 0.637. The van der Waals surface area contributed by atoms with Gasteiger partial charge in [-0.1, -0.05) is 0 Å². The van der Waals surface area contributed by atoms with Gasteiger partial charge in [0.25, 0.3) is 0 Å². The molecule has 1 aliphatic rings. The Labute approximate surface area is 89.3 Å². The molecule has 86 valence electrons. The van der Waals surface area contributed by atoms with Crippen LogP contribution >= 0.6 is 0 Å². The van der Waals surface area contributed by atoms with Gasteiger partial charge in [-0.3, -0.25) is 4.79 Å². The van der Waals surface area contributed by atoms with Crippen molar-refractivity contribution in [3.63, 3.8) is 0 Å². The van der Waals surface area contributed by atoms with E-state index in [9.17, 15) is 9.59 Å². The van der Waals surface area contributed by atoms with E-state index in [-0.39, 0.29) is 17.9 Å². The van der Waals surface area contributed by atoms with Gasteiger partial charge in [-0.05, 0) is 26.2 Å². The van der Waals surface area contributed by atoms with Crippen LogP contribution in [0.5, 0.6) is 0 Å². The summed E-state index contributed by atoms with van der Waals surface area (Å²) in [6.07, 6.45) is 2.39. The van der Waals surface area contributed by atoms with Gasteiger partial charge < -0.3 is 15.8 Å². The van der Waals surface area contributed by atoms with Crippen LogP contribution in [0, 0.1) is 5.92 Å². The summed E-state index contributed by atoms with van der Waals surface area (Å²) in [5, 5.41) is 2.62. The first kappa shape index (κ1) is 12.0. The van der Waals surface area contributed by atoms with Gasteiger partial charge in [-0.15, -0.1) is 0 Å². The maximum Gasteiger partial charge on any atom is 0.328 e. The summed E-state index contributed by atoms with van der Waals surface area (Å²) in [4.78, 5) is 22.7. The van der Waals surface area contributed by atoms with Crippen LogP contribution in [0.25, 0.3) is 0 Å². The molecule has 5 nitrogen and oxygen atoms in total. The number of ether oxygens (including phenoxy) is 1. The first-order valence-electron chi connectivity index (χ1n) is 5.18. The molecule has 3 atom stereocenters. The molecule has 1 rings (SSSR count). The van der Waals surface area contributed by atoms with E-state index >= 15 is 0 Å². The van der Waals surface area contributed by atoms with Crippen molar-refractivity contribution >= 4 is 11.9 Å². The standard InChI is InChI=1S/C10H18N2O3/c1-6(10(14)15-2)12-9(13)7-3-4-8(11)5-7/h6-8H,3-5,11H2,1-2H3,(H,12,13)/t6-,7?,8?/m0/s1. The number of nitrogens with two attached hydrogens (primary N) is 1. The van der Waals surface area contributed by atoms with Gasteiger partial charge in [0.15, 0.2) is 0 Å². The monoisotopic (exact) mass is 214 g/mol. The lowest BCUT2D eigenvalue weighted by Crippen LogP contribution is -2.42. The second-order valence-electron chi connectivity index (χ2n) is 4.02. The molecule has 0 aliphatic heterocycles. The summed E-state index contributed by atoms with van der Waals surface area (Å²) in [6.45, 7) is 1.61. The molecule has 3 N–H and O–H groups in total. The molecular weight excluding hydrogens is 196 g/mol. The van der Waals surface area contributed by atoms with E-state index in [0.29, 0.717) is 6.42 Å². The average Bonchev–Trinajstić information content (AvgIpc) is 2.63. The van der Waals surface area contributed by atoms with Crippen molar-refractivity contribution in [2.75, 3.05) is 7.11 Å².